The molecule has 0 spiro atoms. The van der Waals surface area contributed by atoms with E-state index in [-0.39, 0.29) is 5.69 Å². The lowest BCUT2D eigenvalue weighted by Gasteiger charge is -2.08. The van der Waals surface area contributed by atoms with E-state index in [1.54, 1.807) is 13.8 Å². The standard InChI is InChI=1S/C8H10F2N2/c1-4-3-5(2)7(10)8(12-11)6(4)9/h3,12H,11H2,1-2H3. The Kier molecular flexibility index (Phi) is 2.28. The van der Waals surface area contributed by atoms with E-state index >= 15 is 0 Å². The number of benzene rings is 1. The Labute approximate surface area is 69.4 Å². The average molecular weight is 172 g/mol. The number of aryl methyl sites for hydroxylation is 2. The van der Waals surface area contributed by atoms with Crippen molar-refractivity contribution < 1.29 is 8.78 Å². The molecule has 0 bridgehead atoms. The lowest BCUT2D eigenvalue weighted by molar-refractivity contribution is 0.577. The van der Waals surface area contributed by atoms with Gasteiger partial charge in [0.25, 0.3) is 0 Å². The van der Waals surface area contributed by atoms with Crippen molar-refractivity contribution in [2.45, 2.75) is 13.8 Å². The van der Waals surface area contributed by atoms with Gasteiger partial charge in [-0.25, -0.2) is 8.78 Å². The zero-order valence-corrected chi connectivity index (χ0v) is 6.91. The summed E-state index contributed by atoms with van der Waals surface area (Å²) in [5.41, 5.74) is 2.48. The number of hydrazine groups is 1. The van der Waals surface area contributed by atoms with Gasteiger partial charge in [0.2, 0.25) is 0 Å². The van der Waals surface area contributed by atoms with Crippen LogP contribution in [-0.2, 0) is 0 Å². The van der Waals surface area contributed by atoms with Crippen molar-refractivity contribution in [3.05, 3.63) is 28.8 Å². The maximum Gasteiger partial charge on any atom is 0.153 e. The van der Waals surface area contributed by atoms with Gasteiger partial charge in [-0.1, -0.05) is 6.07 Å². The van der Waals surface area contributed by atoms with Gasteiger partial charge in [-0.3, -0.25) is 5.84 Å². The van der Waals surface area contributed by atoms with Gasteiger partial charge in [0.1, 0.15) is 5.69 Å². The van der Waals surface area contributed by atoms with E-state index in [1.807, 2.05) is 5.43 Å². The van der Waals surface area contributed by atoms with Crippen molar-refractivity contribution in [1.29, 1.82) is 0 Å². The van der Waals surface area contributed by atoms with Crippen molar-refractivity contribution in [3.63, 3.8) is 0 Å². The lowest BCUT2D eigenvalue weighted by Crippen LogP contribution is -2.12. The van der Waals surface area contributed by atoms with Gasteiger partial charge in [-0.15, -0.1) is 0 Å². The molecule has 66 valence electrons. The van der Waals surface area contributed by atoms with Crippen molar-refractivity contribution >= 4 is 5.69 Å². The molecule has 0 saturated heterocycles. The summed E-state index contributed by atoms with van der Waals surface area (Å²) in [5, 5.41) is 0. The third-order valence-electron chi connectivity index (χ3n) is 1.71. The van der Waals surface area contributed by atoms with Crippen molar-refractivity contribution in [2.75, 3.05) is 5.43 Å². The summed E-state index contributed by atoms with van der Waals surface area (Å²) in [6.45, 7) is 3.12. The third kappa shape index (κ3) is 1.25. The maximum atomic E-state index is 13.1. The number of anilines is 1. The minimum Gasteiger partial charge on any atom is -0.319 e. The quantitative estimate of drug-likeness (QED) is 0.501. The Hall–Kier alpha value is -1.16. The summed E-state index contributed by atoms with van der Waals surface area (Å²) in [7, 11) is 0. The van der Waals surface area contributed by atoms with E-state index in [0.717, 1.165) is 0 Å². The number of hydrogen-bond acceptors (Lipinski definition) is 2. The molecular formula is C8H10F2N2. The molecule has 1 rings (SSSR count). The SMILES string of the molecule is Cc1cc(C)c(F)c(NN)c1F. The first-order valence-corrected chi connectivity index (χ1v) is 3.49. The third-order valence-corrected chi connectivity index (χ3v) is 1.71. The van der Waals surface area contributed by atoms with Gasteiger partial charge in [-0.05, 0) is 25.0 Å². The summed E-state index contributed by atoms with van der Waals surface area (Å²) in [4.78, 5) is 0. The summed E-state index contributed by atoms with van der Waals surface area (Å²) < 4.78 is 26.1. The predicted molar refractivity (Wildman–Crippen MR) is 43.6 cm³/mol. The predicted octanol–water partition coefficient (Wildman–Crippen LogP) is 1.87. The monoisotopic (exact) mass is 172 g/mol. The van der Waals surface area contributed by atoms with E-state index in [2.05, 4.69) is 0 Å². The highest BCUT2D eigenvalue weighted by atomic mass is 19.1. The molecule has 4 heteroatoms. The second-order valence-corrected chi connectivity index (χ2v) is 2.66. The number of rotatable bonds is 1. The van der Waals surface area contributed by atoms with Crippen LogP contribution >= 0.6 is 0 Å². The van der Waals surface area contributed by atoms with Crippen molar-refractivity contribution in [1.82, 2.24) is 0 Å². The Morgan fingerprint density at radius 1 is 1.17 bits per heavy atom. The highest BCUT2D eigenvalue weighted by Crippen LogP contribution is 2.23. The molecule has 12 heavy (non-hydrogen) atoms. The summed E-state index contributed by atoms with van der Waals surface area (Å²) >= 11 is 0. The molecule has 1 aromatic carbocycles. The van der Waals surface area contributed by atoms with Crippen molar-refractivity contribution in [3.8, 4) is 0 Å². The molecular weight excluding hydrogens is 162 g/mol. The maximum absolute atomic E-state index is 13.1. The molecule has 0 amide bonds. The number of nitrogens with one attached hydrogen (secondary N) is 1. The zero-order chi connectivity index (χ0) is 9.30. The van der Waals surface area contributed by atoms with Crippen LogP contribution < -0.4 is 11.3 Å². The number of halogens is 2. The smallest absolute Gasteiger partial charge is 0.153 e. The Morgan fingerprint density at radius 3 is 1.92 bits per heavy atom. The lowest BCUT2D eigenvalue weighted by atomic mass is 10.1. The first kappa shape index (κ1) is 8.93. The Bertz CT molecular complexity index is 284. The fourth-order valence-corrected chi connectivity index (χ4v) is 1.07. The van der Waals surface area contributed by atoms with Crippen LogP contribution in [0.1, 0.15) is 11.1 Å². The Balaban J connectivity index is 3.42. The molecule has 0 aliphatic carbocycles. The van der Waals surface area contributed by atoms with E-state index < -0.39 is 11.6 Å². The molecule has 0 atom stereocenters. The minimum atomic E-state index is -0.638. The molecule has 0 fully saturated rings. The second-order valence-electron chi connectivity index (χ2n) is 2.66. The van der Waals surface area contributed by atoms with E-state index in [4.69, 9.17) is 5.84 Å². The summed E-state index contributed by atoms with van der Waals surface area (Å²) in [6, 6.07) is 1.44. The number of nitrogens with two attached hydrogens (primary N) is 1. The minimum absolute atomic E-state index is 0.271. The van der Waals surface area contributed by atoms with Crippen LogP contribution in [0.5, 0.6) is 0 Å². The van der Waals surface area contributed by atoms with Crippen LogP contribution in [0.25, 0.3) is 0 Å². The molecule has 0 saturated carbocycles. The van der Waals surface area contributed by atoms with Crippen LogP contribution in [-0.4, -0.2) is 0 Å². The number of hydrogen-bond donors (Lipinski definition) is 2. The van der Waals surface area contributed by atoms with E-state index in [0.29, 0.717) is 11.1 Å². The normalized spacial score (nSPS) is 10.1. The molecule has 0 aliphatic rings. The van der Waals surface area contributed by atoms with E-state index in [1.165, 1.54) is 6.07 Å². The topological polar surface area (TPSA) is 38.0 Å². The molecule has 0 aromatic heterocycles. The van der Waals surface area contributed by atoms with E-state index in [9.17, 15) is 8.78 Å². The molecule has 0 aliphatic heterocycles. The zero-order valence-electron chi connectivity index (χ0n) is 6.91. The average Bonchev–Trinajstić information content (AvgIpc) is 2.02. The first-order valence-electron chi connectivity index (χ1n) is 3.49. The van der Waals surface area contributed by atoms with Gasteiger partial charge in [-0.2, -0.15) is 0 Å². The van der Waals surface area contributed by atoms with Gasteiger partial charge < -0.3 is 5.43 Å². The van der Waals surface area contributed by atoms with Crippen molar-refractivity contribution in [2.24, 2.45) is 5.84 Å². The van der Waals surface area contributed by atoms with Crippen LogP contribution in [0.3, 0.4) is 0 Å². The van der Waals surface area contributed by atoms with Gasteiger partial charge in [0, 0.05) is 0 Å². The molecule has 2 nitrogen and oxygen atoms in total. The molecule has 3 N–H and O–H groups in total. The summed E-state index contributed by atoms with van der Waals surface area (Å²) in [6.07, 6.45) is 0. The van der Waals surface area contributed by atoms with Gasteiger partial charge >= 0.3 is 0 Å². The highest BCUT2D eigenvalue weighted by Gasteiger charge is 2.12. The first-order chi connectivity index (χ1) is 5.57. The second kappa shape index (κ2) is 3.06. The molecule has 0 radical (unpaired) electrons. The van der Waals surface area contributed by atoms with Crippen LogP contribution in [0, 0.1) is 25.5 Å². The fraction of sp³-hybridized carbons (Fsp3) is 0.250. The highest BCUT2D eigenvalue weighted by molar-refractivity contribution is 5.50. The number of nitrogen functional groups attached to an aromatic ring is 1. The van der Waals surface area contributed by atoms with Crippen LogP contribution in [0.15, 0.2) is 6.07 Å². The van der Waals surface area contributed by atoms with Gasteiger partial charge in [0.15, 0.2) is 11.6 Å². The van der Waals surface area contributed by atoms with Crippen LogP contribution in [0.2, 0.25) is 0 Å². The largest absolute Gasteiger partial charge is 0.319 e. The summed E-state index contributed by atoms with van der Waals surface area (Å²) in [5.74, 6) is 3.68. The fourth-order valence-electron chi connectivity index (χ4n) is 1.07. The van der Waals surface area contributed by atoms with Crippen LogP contribution in [0.4, 0.5) is 14.5 Å². The molecule has 0 heterocycles. The Morgan fingerprint density at radius 2 is 1.58 bits per heavy atom. The molecule has 0 unspecified atom stereocenters. The molecule has 1 aromatic rings. The van der Waals surface area contributed by atoms with Gasteiger partial charge in [0.05, 0.1) is 0 Å².